The van der Waals surface area contributed by atoms with E-state index in [4.69, 9.17) is 11.6 Å². The summed E-state index contributed by atoms with van der Waals surface area (Å²) in [6, 6.07) is 5.52. The molecule has 0 saturated heterocycles. The number of phenols is 1. The van der Waals surface area contributed by atoms with Crippen molar-refractivity contribution < 1.29 is 5.11 Å². The first-order valence-corrected chi connectivity index (χ1v) is 6.63. The molecule has 0 aromatic heterocycles. The quantitative estimate of drug-likeness (QED) is 0.834. The average Bonchev–Trinajstić information content (AvgIpc) is 2.27. The molecular formula is C14H23ClN2O. The molecule has 2 N–H and O–H groups in total. The molecule has 0 aliphatic rings. The molecule has 1 rings (SSSR count). The lowest BCUT2D eigenvalue weighted by molar-refractivity contribution is 0.287. The van der Waals surface area contributed by atoms with E-state index < -0.39 is 0 Å². The fourth-order valence-corrected chi connectivity index (χ4v) is 2.04. The zero-order valence-electron chi connectivity index (χ0n) is 11.6. The van der Waals surface area contributed by atoms with Crippen LogP contribution in [0.25, 0.3) is 0 Å². The Balaban J connectivity index is 2.63. The highest BCUT2D eigenvalue weighted by Gasteiger charge is 2.14. The van der Waals surface area contributed by atoms with Gasteiger partial charge in [0.25, 0.3) is 0 Å². The monoisotopic (exact) mass is 270 g/mol. The topological polar surface area (TPSA) is 35.5 Å². The number of likely N-dealkylation sites (N-methyl/N-ethyl adjacent to an activating group) is 1. The molecule has 102 valence electrons. The number of hydrogen-bond acceptors (Lipinski definition) is 3. The Morgan fingerprint density at radius 1 is 1.33 bits per heavy atom. The van der Waals surface area contributed by atoms with Crippen molar-refractivity contribution in [3.8, 4) is 5.75 Å². The molecule has 0 saturated carbocycles. The first-order chi connectivity index (χ1) is 8.40. The van der Waals surface area contributed by atoms with Crippen molar-refractivity contribution in [2.24, 2.45) is 5.92 Å². The van der Waals surface area contributed by atoms with Crippen molar-refractivity contribution >= 4 is 11.6 Å². The van der Waals surface area contributed by atoms with Gasteiger partial charge in [0.15, 0.2) is 0 Å². The molecule has 0 heterocycles. The molecule has 0 spiro atoms. The predicted octanol–water partition coefficient (Wildman–Crippen LogP) is 2.72. The van der Waals surface area contributed by atoms with Crippen LogP contribution >= 0.6 is 11.6 Å². The highest BCUT2D eigenvalue weighted by atomic mass is 35.5. The fraction of sp³-hybridized carbons (Fsp3) is 0.571. The fourth-order valence-electron chi connectivity index (χ4n) is 1.84. The molecule has 1 aromatic rings. The number of aromatic hydroxyl groups is 1. The molecule has 1 atom stereocenters. The van der Waals surface area contributed by atoms with Crippen LogP contribution in [0.4, 0.5) is 0 Å². The lowest BCUT2D eigenvalue weighted by atomic mass is 10.0. The van der Waals surface area contributed by atoms with E-state index in [-0.39, 0.29) is 0 Å². The number of benzene rings is 1. The van der Waals surface area contributed by atoms with Gasteiger partial charge in [-0.25, -0.2) is 0 Å². The maximum atomic E-state index is 9.76. The van der Waals surface area contributed by atoms with Gasteiger partial charge in [-0.2, -0.15) is 0 Å². The van der Waals surface area contributed by atoms with E-state index in [1.807, 2.05) is 0 Å². The minimum atomic E-state index is 0.291. The molecule has 1 aromatic carbocycles. The molecule has 0 bridgehead atoms. The van der Waals surface area contributed by atoms with Gasteiger partial charge in [-0.15, -0.1) is 0 Å². The van der Waals surface area contributed by atoms with E-state index in [2.05, 4.69) is 38.2 Å². The maximum absolute atomic E-state index is 9.76. The molecule has 18 heavy (non-hydrogen) atoms. The van der Waals surface area contributed by atoms with Gasteiger partial charge in [0.05, 0.1) is 0 Å². The van der Waals surface area contributed by atoms with E-state index in [9.17, 15) is 5.11 Å². The van der Waals surface area contributed by atoms with Crippen molar-refractivity contribution in [3.05, 3.63) is 28.8 Å². The summed E-state index contributed by atoms with van der Waals surface area (Å²) < 4.78 is 0. The van der Waals surface area contributed by atoms with Crippen molar-refractivity contribution in [1.29, 1.82) is 0 Å². The molecule has 0 fully saturated rings. The van der Waals surface area contributed by atoms with Crippen LogP contribution in [-0.2, 0) is 6.54 Å². The SMILES string of the molecule is CC(C)C(CN(C)C)NCc1cc(Cl)ccc1O. The van der Waals surface area contributed by atoms with E-state index in [1.54, 1.807) is 18.2 Å². The summed E-state index contributed by atoms with van der Waals surface area (Å²) >= 11 is 5.93. The number of phenolic OH excluding ortho intramolecular Hbond substituents is 1. The van der Waals surface area contributed by atoms with Gasteiger partial charge < -0.3 is 15.3 Å². The first-order valence-electron chi connectivity index (χ1n) is 6.25. The van der Waals surface area contributed by atoms with Gasteiger partial charge in [0.1, 0.15) is 5.75 Å². The van der Waals surface area contributed by atoms with Gasteiger partial charge in [0, 0.05) is 29.7 Å². The van der Waals surface area contributed by atoms with Crippen LogP contribution in [0, 0.1) is 5.92 Å². The van der Waals surface area contributed by atoms with Crippen LogP contribution in [0.15, 0.2) is 18.2 Å². The summed E-state index contributed by atoms with van der Waals surface area (Å²) in [5.41, 5.74) is 0.840. The molecule has 3 nitrogen and oxygen atoms in total. The Labute approximate surface area is 115 Å². The lowest BCUT2D eigenvalue weighted by Crippen LogP contribution is -2.41. The minimum Gasteiger partial charge on any atom is -0.508 e. The number of nitrogens with one attached hydrogen (secondary N) is 1. The van der Waals surface area contributed by atoms with Gasteiger partial charge in [0.2, 0.25) is 0 Å². The van der Waals surface area contributed by atoms with Crippen LogP contribution in [0.1, 0.15) is 19.4 Å². The van der Waals surface area contributed by atoms with E-state index in [0.717, 1.165) is 12.1 Å². The third kappa shape index (κ3) is 4.84. The molecule has 0 aliphatic heterocycles. The van der Waals surface area contributed by atoms with Crippen LogP contribution < -0.4 is 5.32 Å². The zero-order valence-corrected chi connectivity index (χ0v) is 12.3. The number of halogens is 1. The normalized spacial score (nSPS) is 13.3. The average molecular weight is 271 g/mol. The Bertz CT molecular complexity index is 380. The molecule has 0 amide bonds. The summed E-state index contributed by atoms with van der Waals surface area (Å²) in [6.07, 6.45) is 0. The molecule has 1 unspecified atom stereocenters. The highest BCUT2D eigenvalue weighted by Crippen LogP contribution is 2.21. The lowest BCUT2D eigenvalue weighted by Gasteiger charge is -2.26. The minimum absolute atomic E-state index is 0.291. The summed E-state index contributed by atoms with van der Waals surface area (Å²) in [7, 11) is 4.13. The second-order valence-corrected chi connectivity index (χ2v) is 5.70. The zero-order chi connectivity index (χ0) is 13.7. The van der Waals surface area contributed by atoms with Crippen LogP contribution in [0.3, 0.4) is 0 Å². The van der Waals surface area contributed by atoms with E-state index in [1.165, 1.54) is 0 Å². The van der Waals surface area contributed by atoms with Crippen molar-refractivity contribution in [2.45, 2.75) is 26.4 Å². The molecule has 4 heteroatoms. The van der Waals surface area contributed by atoms with Gasteiger partial charge >= 0.3 is 0 Å². The number of nitrogens with zero attached hydrogens (tertiary/aromatic N) is 1. The van der Waals surface area contributed by atoms with Crippen LogP contribution in [0.2, 0.25) is 5.02 Å². The van der Waals surface area contributed by atoms with Crippen LogP contribution in [-0.4, -0.2) is 36.7 Å². The van der Waals surface area contributed by atoms with Gasteiger partial charge in [-0.05, 0) is 38.2 Å². The Hall–Kier alpha value is -0.770. The molecule has 0 radical (unpaired) electrons. The summed E-state index contributed by atoms with van der Waals surface area (Å²) in [6.45, 7) is 5.99. The smallest absolute Gasteiger partial charge is 0.120 e. The van der Waals surface area contributed by atoms with E-state index in [0.29, 0.717) is 29.3 Å². The summed E-state index contributed by atoms with van der Waals surface area (Å²) in [5, 5.41) is 13.9. The highest BCUT2D eigenvalue weighted by molar-refractivity contribution is 6.30. The Morgan fingerprint density at radius 2 is 2.00 bits per heavy atom. The van der Waals surface area contributed by atoms with Crippen molar-refractivity contribution in [3.63, 3.8) is 0 Å². The molecule has 0 aliphatic carbocycles. The van der Waals surface area contributed by atoms with Crippen molar-refractivity contribution in [2.75, 3.05) is 20.6 Å². The van der Waals surface area contributed by atoms with Gasteiger partial charge in [-0.1, -0.05) is 25.4 Å². The van der Waals surface area contributed by atoms with Crippen LogP contribution in [0.5, 0.6) is 5.75 Å². The third-order valence-electron chi connectivity index (χ3n) is 2.96. The third-order valence-corrected chi connectivity index (χ3v) is 3.20. The second kappa shape index (κ2) is 6.98. The summed E-state index contributed by atoms with van der Waals surface area (Å²) in [4.78, 5) is 2.16. The van der Waals surface area contributed by atoms with E-state index >= 15 is 0 Å². The standard InChI is InChI=1S/C14H23ClN2O/c1-10(2)13(9-17(3)4)16-8-11-7-12(15)5-6-14(11)18/h5-7,10,13,16,18H,8-9H2,1-4H3. The first kappa shape index (κ1) is 15.3. The Morgan fingerprint density at radius 3 is 2.56 bits per heavy atom. The molecular weight excluding hydrogens is 248 g/mol. The number of rotatable bonds is 6. The summed E-state index contributed by atoms with van der Waals surface area (Å²) in [5.74, 6) is 0.827. The maximum Gasteiger partial charge on any atom is 0.120 e. The largest absolute Gasteiger partial charge is 0.508 e. The Kier molecular flexibility index (Phi) is 5.93. The van der Waals surface area contributed by atoms with Gasteiger partial charge in [-0.3, -0.25) is 0 Å². The second-order valence-electron chi connectivity index (χ2n) is 5.27. The number of hydrogen-bond donors (Lipinski definition) is 2. The predicted molar refractivity (Wildman–Crippen MR) is 77.1 cm³/mol. The van der Waals surface area contributed by atoms with Crippen molar-refractivity contribution in [1.82, 2.24) is 10.2 Å².